The van der Waals surface area contributed by atoms with Crippen molar-refractivity contribution in [1.29, 1.82) is 0 Å². The van der Waals surface area contributed by atoms with Crippen LogP contribution in [-0.2, 0) is 6.42 Å². The first-order valence-corrected chi connectivity index (χ1v) is 5.96. The minimum Gasteiger partial charge on any atom is -0.340 e. The van der Waals surface area contributed by atoms with Gasteiger partial charge in [0.2, 0.25) is 0 Å². The molecular weight excluding hydrogens is 226 g/mol. The molecule has 0 fully saturated rings. The first-order chi connectivity index (χ1) is 8.81. The van der Waals surface area contributed by atoms with E-state index < -0.39 is 0 Å². The molecule has 5 nitrogen and oxygen atoms in total. The normalized spacial score (nSPS) is 10.1. The lowest BCUT2D eigenvalue weighted by molar-refractivity contribution is 0.922. The molecule has 2 rings (SSSR count). The van der Waals surface area contributed by atoms with Gasteiger partial charge >= 0.3 is 0 Å². The molecule has 0 amide bonds. The molecule has 1 aromatic carbocycles. The van der Waals surface area contributed by atoms with Gasteiger partial charge in [0.05, 0.1) is 0 Å². The Morgan fingerprint density at radius 3 is 2.50 bits per heavy atom. The van der Waals surface area contributed by atoms with E-state index in [0.717, 1.165) is 18.5 Å². The van der Waals surface area contributed by atoms with E-state index in [9.17, 15) is 0 Å². The van der Waals surface area contributed by atoms with Crippen LogP contribution in [0.1, 0.15) is 18.9 Å². The van der Waals surface area contributed by atoms with E-state index in [2.05, 4.69) is 39.8 Å². The van der Waals surface area contributed by atoms with E-state index >= 15 is 0 Å². The van der Waals surface area contributed by atoms with Gasteiger partial charge < -0.3 is 10.7 Å². The van der Waals surface area contributed by atoms with E-state index in [1.54, 1.807) is 6.07 Å². The number of rotatable bonds is 5. The van der Waals surface area contributed by atoms with Crippen molar-refractivity contribution in [2.75, 3.05) is 10.7 Å². The standard InChI is InChI=1S/C13H17N5/c1-2-3-10-4-6-11(7-5-10)17-12-8-13(18-14)16-9-15-12/h4-9H,2-3,14H2,1H3,(H2,15,16,17,18). The molecule has 5 heteroatoms. The number of benzene rings is 1. The highest BCUT2D eigenvalue weighted by atomic mass is 15.3. The minimum absolute atomic E-state index is 0.579. The van der Waals surface area contributed by atoms with E-state index in [1.807, 2.05) is 12.1 Å². The number of nitrogens with zero attached hydrogens (tertiary/aromatic N) is 2. The average molecular weight is 243 g/mol. The van der Waals surface area contributed by atoms with Crippen LogP contribution in [-0.4, -0.2) is 9.97 Å². The smallest absolute Gasteiger partial charge is 0.145 e. The molecule has 0 saturated heterocycles. The fraction of sp³-hybridized carbons (Fsp3) is 0.231. The van der Waals surface area contributed by atoms with E-state index in [1.165, 1.54) is 11.9 Å². The molecule has 0 aliphatic rings. The molecule has 0 saturated carbocycles. The Labute approximate surface area is 106 Å². The molecule has 0 bridgehead atoms. The second kappa shape index (κ2) is 5.97. The largest absolute Gasteiger partial charge is 0.340 e. The van der Waals surface area contributed by atoms with E-state index in [-0.39, 0.29) is 0 Å². The highest BCUT2D eigenvalue weighted by Crippen LogP contribution is 2.17. The monoisotopic (exact) mass is 243 g/mol. The Balaban J connectivity index is 2.08. The zero-order chi connectivity index (χ0) is 12.8. The van der Waals surface area contributed by atoms with Gasteiger partial charge in [0.25, 0.3) is 0 Å². The molecule has 0 spiro atoms. The number of aryl methyl sites for hydroxylation is 1. The fourth-order valence-electron chi connectivity index (χ4n) is 1.70. The predicted octanol–water partition coefficient (Wildman–Crippen LogP) is 2.46. The van der Waals surface area contributed by atoms with Gasteiger partial charge in [0.15, 0.2) is 0 Å². The van der Waals surface area contributed by atoms with Crippen LogP contribution >= 0.6 is 0 Å². The quantitative estimate of drug-likeness (QED) is 0.555. The van der Waals surface area contributed by atoms with Crippen molar-refractivity contribution in [2.45, 2.75) is 19.8 Å². The van der Waals surface area contributed by atoms with Gasteiger partial charge in [-0.05, 0) is 24.1 Å². The van der Waals surface area contributed by atoms with Crippen molar-refractivity contribution >= 4 is 17.3 Å². The van der Waals surface area contributed by atoms with Crippen LogP contribution in [0.5, 0.6) is 0 Å². The van der Waals surface area contributed by atoms with Crippen molar-refractivity contribution < 1.29 is 0 Å². The number of hydrogen-bond donors (Lipinski definition) is 3. The molecule has 0 aliphatic heterocycles. The molecule has 1 heterocycles. The Hall–Kier alpha value is -2.14. The summed E-state index contributed by atoms with van der Waals surface area (Å²) < 4.78 is 0. The van der Waals surface area contributed by atoms with Crippen molar-refractivity contribution in [3.05, 3.63) is 42.2 Å². The van der Waals surface area contributed by atoms with Crippen molar-refractivity contribution in [1.82, 2.24) is 9.97 Å². The summed E-state index contributed by atoms with van der Waals surface area (Å²) in [5.74, 6) is 6.59. The lowest BCUT2D eigenvalue weighted by Gasteiger charge is -2.07. The molecule has 0 atom stereocenters. The number of hydrazine groups is 1. The zero-order valence-electron chi connectivity index (χ0n) is 10.4. The summed E-state index contributed by atoms with van der Waals surface area (Å²) in [4.78, 5) is 8.07. The summed E-state index contributed by atoms with van der Waals surface area (Å²) >= 11 is 0. The van der Waals surface area contributed by atoms with Gasteiger partial charge in [-0.1, -0.05) is 25.5 Å². The van der Waals surface area contributed by atoms with Crippen LogP contribution in [0.2, 0.25) is 0 Å². The van der Waals surface area contributed by atoms with Crippen LogP contribution in [0.3, 0.4) is 0 Å². The molecule has 0 unspecified atom stereocenters. The second-order valence-electron chi connectivity index (χ2n) is 4.00. The second-order valence-corrected chi connectivity index (χ2v) is 4.00. The van der Waals surface area contributed by atoms with Gasteiger partial charge in [-0.25, -0.2) is 15.8 Å². The third-order valence-corrected chi connectivity index (χ3v) is 2.58. The lowest BCUT2D eigenvalue weighted by Crippen LogP contribution is -2.09. The Kier molecular flexibility index (Phi) is 4.09. The van der Waals surface area contributed by atoms with Crippen LogP contribution in [0.4, 0.5) is 17.3 Å². The van der Waals surface area contributed by atoms with Gasteiger partial charge in [0, 0.05) is 11.8 Å². The lowest BCUT2D eigenvalue weighted by atomic mass is 10.1. The maximum atomic E-state index is 5.30. The summed E-state index contributed by atoms with van der Waals surface area (Å²) in [6.45, 7) is 2.17. The third kappa shape index (κ3) is 3.18. The predicted molar refractivity (Wildman–Crippen MR) is 73.6 cm³/mol. The SMILES string of the molecule is CCCc1ccc(Nc2cc(NN)ncn2)cc1. The molecule has 0 radical (unpaired) electrons. The Bertz CT molecular complexity index is 495. The summed E-state index contributed by atoms with van der Waals surface area (Å²) in [6.07, 6.45) is 3.72. The van der Waals surface area contributed by atoms with Crippen molar-refractivity contribution in [3.63, 3.8) is 0 Å². The van der Waals surface area contributed by atoms with Gasteiger partial charge in [-0.3, -0.25) is 0 Å². The Morgan fingerprint density at radius 2 is 1.83 bits per heavy atom. The fourth-order valence-corrected chi connectivity index (χ4v) is 1.70. The maximum absolute atomic E-state index is 5.30. The molecular formula is C13H17N5. The minimum atomic E-state index is 0.579. The molecule has 94 valence electrons. The van der Waals surface area contributed by atoms with Crippen LogP contribution in [0.25, 0.3) is 0 Å². The highest BCUT2D eigenvalue weighted by Gasteiger charge is 1.98. The van der Waals surface area contributed by atoms with Crippen molar-refractivity contribution in [3.8, 4) is 0 Å². The summed E-state index contributed by atoms with van der Waals surface area (Å²) in [7, 11) is 0. The molecule has 18 heavy (non-hydrogen) atoms. The maximum Gasteiger partial charge on any atom is 0.145 e. The van der Waals surface area contributed by atoms with Gasteiger partial charge in [-0.2, -0.15) is 0 Å². The summed E-state index contributed by atoms with van der Waals surface area (Å²) in [6, 6.07) is 10.1. The van der Waals surface area contributed by atoms with Gasteiger partial charge in [0.1, 0.15) is 18.0 Å². The van der Waals surface area contributed by atoms with Crippen LogP contribution in [0.15, 0.2) is 36.7 Å². The third-order valence-electron chi connectivity index (χ3n) is 2.58. The number of anilines is 3. The Morgan fingerprint density at radius 1 is 1.11 bits per heavy atom. The number of nitrogen functional groups attached to an aromatic ring is 1. The molecule has 4 N–H and O–H groups in total. The first-order valence-electron chi connectivity index (χ1n) is 5.96. The van der Waals surface area contributed by atoms with Crippen LogP contribution in [0, 0.1) is 0 Å². The highest BCUT2D eigenvalue weighted by molar-refractivity contribution is 5.58. The average Bonchev–Trinajstić information content (AvgIpc) is 2.42. The topological polar surface area (TPSA) is 75.9 Å². The molecule has 2 aromatic rings. The summed E-state index contributed by atoms with van der Waals surface area (Å²) in [5.41, 5.74) is 4.83. The van der Waals surface area contributed by atoms with Crippen molar-refractivity contribution in [2.24, 2.45) is 5.84 Å². The number of nitrogens with two attached hydrogens (primary N) is 1. The zero-order valence-corrected chi connectivity index (χ0v) is 10.4. The number of nitrogens with one attached hydrogen (secondary N) is 2. The van der Waals surface area contributed by atoms with Crippen LogP contribution < -0.4 is 16.6 Å². The van der Waals surface area contributed by atoms with Gasteiger partial charge in [-0.15, -0.1) is 0 Å². The molecule has 0 aliphatic carbocycles. The van der Waals surface area contributed by atoms with E-state index in [0.29, 0.717) is 11.6 Å². The molecule has 1 aromatic heterocycles. The number of aromatic nitrogens is 2. The van der Waals surface area contributed by atoms with E-state index in [4.69, 9.17) is 5.84 Å². The first kappa shape index (κ1) is 12.3. The summed E-state index contributed by atoms with van der Waals surface area (Å²) in [5, 5.41) is 3.20. The number of hydrogen-bond acceptors (Lipinski definition) is 5.